The van der Waals surface area contributed by atoms with Crippen molar-refractivity contribution in [3.63, 3.8) is 0 Å². The van der Waals surface area contributed by atoms with Crippen LogP contribution in [0.4, 0.5) is 4.39 Å². The van der Waals surface area contributed by atoms with E-state index in [1.54, 1.807) is 0 Å². The Bertz CT molecular complexity index is 452. The van der Waals surface area contributed by atoms with Crippen LogP contribution in [0, 0.1) is 5.82 Å². The van der Waals surface area contributed by atoms with Gasteiger partial charge in [0.2, 0.25) is 0 Å². The van der Waals surface area contributed by atoms with Crippen LogP contribution < -0.4 is 10.6 Å². The quantitative estimate of drug-likeness (QED) is 0.725. The molecular formula is C10H13FN2O2S. The van der Waals surface area contributed by atoms with Gasteiger partial charge in [0.05, 0.1) is 4.90 Å². The molecule has 2 N–H and O–H groups in total. The highest BCUT2D eigenvalue weighted by molar-refractivity contribution is 7.92. The Morgan fingerprint density at radius 3 is 2.44 bits per heavy atom. The van der Waals surface area contributed by atoms with Crippen LogP contribution in [-0.4, -0.2) is 33.4 Å². The van der Waals surface area contributed by atoms with Gasteiger partial charge in [0.25, 0.3) is 0 Å². The molecule has 0 saturated carbocycles. The fourth-order valence-corrected chi connectivity index (χ4v) is 3.15. The van der Waals surface area contributed by atoms with E-state index in [1.807, 2.05) is 0 Å². The molecular weight excluding hydrogens is 231 g/mol. The van der Waals surface area contributed by atoms with Crippen LogP contribution in [0.1, 0.15) is 0 Å². The van der Waals surface area contributed by atoms with E-state index in [-0.39, 0.29) is 4.90 Å². The molecule has 1 aliphatic heterocycles. The van der Waals surface area contributed by atoms with E-state index in [0.717, 1.165) is 18.7 Å². The summed E-state index contributed by atoms with van der Waals surface area (Å²) in [5, 5.41) is 5.30. The Morgan fingerprint density at radius 1 is 1.19 bits per heavy atom. The first-order valence-corrected chi connectivity index (χ1v) is 6.59. The monoisotopic (exact) mass is 244 g/mol. The molecule has 1 heterocycles. The normalized spacial score (nSPS) is 21.9. The summed E-state index contributed by atoms with van der Waals surface area (Å²) in [5.74, 6) is -0.436. The lowest BCUT2D eigenvalue weighted by molar-refractivity contribution is 0.474. The minimum Gasteiger partial charge on any atom is -0.313 e. The van der Waals surface area contributed by atoms with Crippen LogP contribution in [0.2, 0.25) is 0 Å². The Kier molecular flexibility index (Phi) is 3.22. The van der Waals surface area contributed by atoms with Gasteiger partial charge in [-0.15, -0.1) is 0 Å². The highest BCUT2D eigenvalue weighted by Gasteiger charge is 2.28. The van der Waals surface area contributed by atoms with Crippen molar-refractivity contribution in [1.29, 1.82) is 0 Å². The Morgan fingerprint density at radius 2 is 1.88 bits per heavy atom. The van der Waals surface area contributed by atoms with Crippen LogP contribution in [0.5, 0.6) is 0 Å². The smallest absolute Gasteiger partial charge is 0.195 e. The summed E-state index contributed by atoms with van der Waals surface area (Å²) in [7, 11) is -3.42. The maximum atomic E-state index is 12.7. The fourth-order valence-electron chi connectivity index (χ4n) is 1.63. The van der Waals surface area contributed by atoms with Gasteiger partial charge in [-0.3, -0.25) is 5.32 Å². The van der Waals surface area contributed by atoms with Gasteiger partial charge in [-0.1, -0.05) is 0 Å². The molecule has 0 amide bonds. The molecule has 2 rings (SSSR count). The number of hydrogen-bond donors (Lipinski definition) is 2. The topological polar surface area (TPSA) is 58.2 Å². The van der Waals surface area contributed by atoms with Crippen molar-refractivity contribution in [2.75, 3.05) is 19.6 Å². The molecule has 6 heteroatoms. The van der Waals surface area contributed by atoms with Crippen LogP contribution in [0.25, 0.3) is 0 Å². The summed E-state index contributed by atoms with van der Waals surface area (Å²) in [4.78, 5) is 0.148. The average Bonchev–Trinajstić information content (AvgIpc) is 2.31. The third kappa shape index (κ3) is 2.23. The molecule has 1 unspecified atom stereocenters. The van der Waals surface area contributed by atoms with Gasteiger partial charge in [-0.2, -0.15) is 0 Å². The molecule has 0 radical (unpaired) electrons. The lowest BCUT2D eigenvalue weighted by Gasteiger charge is -2.24. The molecule has 0 bridgehead atoms. The van der Waals surface area contributed by atoms with Crippen molar-refractivity contribution >= 4 is 9.84 Å². The fraction of sp³-hybridized carbons (Fsp3) is 0.400. The molecule has 16 heavy (non-hydrogen) atoms. The van der Waals surface area contributed by atoms with Gasteiger partial charge in [0, 0.05) is 19.6 Å². The van der Waals surface area contributed by atoms with Gasteiger partial charge in [0.1, 0.15) is 11.2 Å². The summed E-state index contributed by atoms with van der Waals surface area (Å²) in [6.07, 6.45) is 0. The number of rotatable bonds is 2. The van der Waals surface area contributed by atoms with Crippen molar-refractivity contribution in [3.05, 3.63) is 30.1 Å². The summed E-state index contributed by atoms with van der Waals surface area (Å²) < 4.78 is 36.8. The van der Waals surface area contributed by atoms with E-state index in [2.05, 4.69) is 10.6 Å². The Balaban J connectivity index is 2.27. The predicted molar refractivity (Wildman–Crippen MR) is 58.2 cm³/mol. The molecule has 1 saturated heterocycles. The first-order valence-electron chi connectivity index (χ1n) is 5.04. The Labute approximate surface area is 93.8 Å². The van der Waals surface area contributed by atoms with Crippen molar-refractivity contribution in [1.82, 2.24) is 10.6 Å². The van der Waals surface area contributed by atoms with Crippen LogP contribution >= 0.6 is 0 Å². The third-order valence-electron chi connectivity index (χ3n) is 2.52. The van der Waals surface area contributed by atoms with E-state index < -0.39 is 21.0 Å². The van der Waals surface area contributed by atoms with Crippen molar-refractivity contribution in [2.45, 2.75) is 10.3 Å². The maximum absolute atomic E-state index is 12.7. The Hall–Kier alpha value is -0.980. The predicted octanol–water partition coefficient (Wildman–Crippen LogP) is 0.118. The van der Waals surface area contributed by atoms with Crippen LogP contribution in [-0.2, 0) is 9.84 Å². The first-order chi connectivity index (χ1) is 7.60. The highest BCUT2D eigenvalue weighted by atomic mass is 32.2. The van der Waals surface area contributed by atoms with E-state index >= 15 is 0 Å². The minimum atomic E-state index is -3.42. The van der Waals surface area contributed by atoms with Gasteiger partial charge < -0.3 is 5.32 Å². The zero-order valence-corrected chi connectivity index (χ0v) is 9.43. The van der Waals surface area contributed by atoms with Crippen molar-refractivity contribution in [2.24, 2.45) is 0 Å². The van der Waals surface area contributed by atoms with Gasteiger partial charge in [-0.05, 0) is 24.3 Å². The van der Waals surface area contributed by atoms with Crippen LogP contribution in [0.15, 0.2) is 29.2 Å². The largest absolute Gasteiger partial charge is 0.313 e. The van der Waals surface area contributed by atoms with Gasteiger partial charge in [-0.25, -0.2) is 12.8 Å². The molecule has 1 atom stereocenters. The molecule has 1 aliphatic rings. The van der Waals surface area contributed by atoms with Gasteiger partial charge >= 0.3 is 0 Å². The second kappa shape index (κ2) is 4.48. The van der Waals surface area contributed by atoms with E-state index in [0.29, 0.717) is 13.1 Å². The molecule has 0 aliphatic carbocycles. The zero-order valence-electron chi connectivity index (χ0n) is 8.61. The summed E-state index contributed by atoms with van der Waals surface area (Å²) in [6.45, 7) is 1.75. The summed E-state index contributed by atoms with van der Waals surface area (Å²) >= 11 is 0. The molecule has 1 fully saturated rings. The molecule has 4 nitrogen and oxygen atoms in total. The lowest BCUT2D eigenvalue weighted by Crippen LogP contribution is -2.52. The number of benzene rings is 1. The molecule has 0 aromatic heterocycles. The minimum absolute atomic E-state index is 0.148. The van der Waals surface area contributed by atoms with E-state index in [9.17, 15) is 12.8 Å². The molecule has 88 valence electrons. The average molecular weight is 244 g/mol. The lowest BCUT2D eigenvalue weighted by atomic mass is 10.3. The number of sulfone groups is 1. The second-order valence-electron chi connectivity index (χ2n) is 3.65. The molecule has 0 spiro atoms. The maximum Gasteiger partial charge on any atom is 0.195 e. The standard InChI is InChI=1S/C10H13FN2O2S/c11-8-1-3-9(4-2-8)16(14,15)10-7-12-5-6-13-10/h1-4,10,12-13H,5-7H2. The number of piperazine rings is 1. The number of nitrogens with one attached hydrogen (secondary N) is 2. The zero-order chi connectivity index (χ0) is 11.6. The SMILES string of the molecule is O=S(=O)(c1ccc(F)cc1)C1CNCCN1. The second-order valence-corrected chi connectivity index (χ2v) is 5.78. The van der Waals surface area contributed by atoms with Crippen molar-refractivity contribution < 1.29 is 12.8 Å². The highest BCUT2D eigenvalue weighted by Crippen LogP contribution is 2.15. The van der Waals surface area contributed by atoms with Crippen molar-refractivity contribution in [3.8, 4) is 0 Å². The third-order valence-corrected chi connectivity index (χ3v) is 4.53. The molecule has 1 aromatic rings. The van der Waals surface area contributed by atoms with Gasteiger partial charge in [0.15, 0.2) is 9.84 Å². The van der Waals surface area contributed by atoms with E-state index in [4.69, 9.17) is 0 Å². The van der Waals surface area contributed by atoms with E-state index in [1.165, 1.54) is 12.1 Å². The summed E-state index contributed by atoms with van der Waals surface area (Å²) in [5.41, 5.74) is 0. The molecule has 1 aromatic carbocycles. The summed E-state index contributed by atoms with van der Waals surface area (Å²) in [6, 6.07) is 4.90. The number of halogens is 1. The first kappa shape index (κ1) is 11.5. The van der Waals surface area contributed by atoms with Crippen LogP contribution in [0.3, 0.4) is 0 Å². The number of hydrogen-bond acceptors (Lipinski definition) is 4.